The minimum absolute atomic E-state index is 0.110. The van der Waals surface area contributed by atoms with Crippen LogP contribution < -0.4 is 10.2 Å². The number of amides is 1. The zero-order chi connectivity index (χ0) is 17.5. The highest BCUT2D eigenvalue weighted by molar-refractivity contribution is 6.05. The summed E-state index contributed by atoms with van der Waals surface area (Å²) >= 11 is 0. The molecule has 0 saturated heterocycles. The molecule has 5 heteroatoms. The van der Waals surface area contributed by atoms with Gasteiger partial charge in [-0.05, 0) is 38.3 Å². The van der Waals surface area contributed by atoms with Crippen molar-refractivity contribution in [3.05, 3.63) is 47.9 Å². The minimum atomic E-state index is -0.110. The Morgan fingerprint density at radius 1 is 1.21 bits per heavy atom. The number of aryl methyl sites for hydroxylation is 1. The molecule has 0 fully saturated rings. The largest absolute Gasteiger partial charge is 0.370 e. The normalized spacial score (nSPS) is 10.7. The summed E-state index contributed by atoms with van der Waals surface area (Å²) in [4.78, 5) is 23.3. The first kappa shape index (κ1) is 17.9. The molecule has 2 rings (SSSR count). The number of nitrogens with one attached hydrogen (secondary N) is 1. The number of anilines is 2. The maximum Gasteiger partial charge on any atom is 0.277 e. The van der Waals surface area contributed by atoms with Crippen LogP contribution in [0, 0.1) is 12.8 Å². The van der Waals surface area contributed by atoms with Gasteiger partial charge in [-0.1, -0.05) is 32.0 Å². The van der Waals surface area contributed by atoms with Gasteiger partial charge in [0.25, 0.3) is 5.91 Å². The van der Waals surface area contributed by atoms with Gasteiger partial charge in [-0.25, -0.2) is 9.97 Å². The predicted molar refractivity (Wildman–Crippen MR) is 98.5 cm³/mol. The summed E-state index contributed by atoms with van der Waals surface area (Å²) < 4.78 is 0. The van der Waals surface area contributed by atoms with E-state index in [1.165, 1.54) is 0 Å². The van der Waals surface area contributed by atoms with Gasteiger partial charge in [-0.2, -0.15) is 0 Å². The lowest BCUT2D eigenvalue weighted by molar-refractivity contribution is 0.0983. The molecule has 0 radical (unpaired) electrons. The highest BCUT2D eigenvalue weighted by Crippen LogP contribution is 2.17. The molecule has 24 heavy (non-hydrogen) atoms. The van der Waals surface area contributed by atoms with Crippen molar-refractivity contribution in [3.8, 4) is 0 Å². The molecule has 1 amide bonds. The first-order valence-corrected chi connectivity index (χ1v) is 8.47. The molecule has 0 saturated carbocycles. The zero-order valence-corrected chi connectivity index (χ0v) is 14.9. The fourth-order valence-electron chi connectivity index (χ4n) is 2.45. The molecule has 0 spiro atoms. The van der Waals surface area contributed by atoms with Crippen molar-refractivity contribution in [1.29, 1.82) is 0 Å². The number of aromatic nitrogens is 2. The van der Waals surface area contributed by atoms with E-state index in [1.807, 2.05) is 44.2 Å². The van der Waals surface area contributed by atoms with E-state index >= 15 is 0 Å². The highest BCUT2D eigenvalue weighted by Gasteiger charge is 2.18. The smallest absolute Gasteiger partial charge is 0.277 e. The Balaban J connectivity index is 2.20. The third-order valence-corrected chi connectivity index (χ3v) is 3.71. The van der Waals surface area contributed by atoms with Crippen LogP contribution in [0.4, 0.5) is 11.5 Å². The second-order valence-electron chi connectivity index (χ2n) is 6.18. The molecular formula is C19H26N4O. The van der Waals surface area contributed by atoms with Gasteiger partial charge >= 0.3 is 0 Å². The van der Waals surface area contributed by atoms with E-state index in [0.29, 0.717) is 29.8 Å². The van der Waals surface area contributed by atoms with E-state index in [9.17, 15) is 4.79 Å². The van der Waals surface area contributed by atoms with Crippen molar-refractivity contribution in [1.82, 2.24) is 9.97 Å². The number of benzene rings is 1. The van der Waals surface area contributed by atoms with Crippen LogP contribution in [0.15, 0.2) is 36.4 Å². The van der Waals surface area contributed by atoms with E-state index in [0.717, 1.165) is 18.7 Å². The quantitative estimate of drug-likeness (QED) is 0.838. The summed E-state index contributed by atoms with van der Waals surface area (Å²) in [5.41, 5.74) is 1.29. The van der Waals surface area contributed by atoms with Crippen LogP contribution in [0.3, 0.4) is 0 Å². The third-order valence-electron chi connectivity index (χ3n) is 3.71. The van der Waals surface area contributed by atoms with E-state index in [-0.39, 0.29) is 5.91 Å². The maximum atomic E-state index is 12.9. The fraction of sp³-hybridized carbons (Fsp3) is 0.421. The Kier molecular flexibility index (Phi) is 6.29. The Morgan fingerprint density at radius 2 is 1.92 bits per heavy atom. The van der Waals surface area contributed by atoms with Crippen LogP contribution in [-0.2, 0) is 0 Å². The van der Waals surface area contributed by atoms with Gasteiger partial charge in [-0.3, -0.25) is 4.79 Å². The third kappa shape index (κ3) is 4.78. The molecule has 0 atom stereocenters. The van der Waals surface area contributed by atoms with Gasteiger partial charge in [0.1, 0.15) is 17.3 Å². The van der Waals surface area contributed by atoms with Crippen molar-refractivity contribution in [2.45, 2.75) is 34.1 Å². The van der Waals surface area contributed by atoms with E-state index in [1.54, 1.807) is 11.0 Å². The predicted octanol–water partition coefficient (Wildman–Crippen LogP) is 3.91. The molecule has 0 bridgehead atoms. The molecule has 2 aromatic rings. The number of hydrogen-bond donors (Lipinski definition) is 1. The van der Waals surface area contributed by atoms with Crippen molar-refractivity contribution in [2.24, 2.45) is 5.92 Å². The number of nitrogens with zero attached hydrogens (tertiary/aromatic N) is 3. The SMILES string of the molecule is CCN(C(=O)c1cc(NCCC(C)C)nc(C)n1)c1ccccc1. The molecule has 0 unspecified atom stereocenters. The van der Waals surface area contributed by atoms with Gasteiger partial charge in [0.2, 0.25) is 0 Å². The summed E-state index contributed by atoms with van der Waals surface area (Å²) in [5.74, 6) is 1.81. The van der Waals surface area contributed by atoms with Crippen LogP contribution in [0.25, 0.3) is 0 Å². The molecule has 1 heterocycles. The summed E-state index contributed by atoms with van der Waals surface area (Å²) in [6, 6.07) is 11.4. The van der Waals surface area contributed by atoms with E-state index in [2.05, 4.69) is 29.1 Å². The Morgan fingerprint density at radius 3 is 2.54 bits per heavy atom. The van der Waals surface area contributed by atoms with Gasteiger partial charge in [-0.15, -0.1) is 0 Å². The van der Waals surface area contributed by atoms with Crippen LogP contribution in [0.5, 0.6) is 0 Å². The highest BCUT2D eigenvalue weighted by atomic mass is 16.2. The van der Waals surface area contributed by atoms with Gasteiger partial charge in [0.05, 0.1) is 0 Å². The first-order valence-electron chi connectivity index (χ1n) is 8.47. The molecule has 0 aliphatic rings. The van der Waals surface area contributed by atoms with Gasteiger partial charge in [0, 0.05) is 24.8 Å². The van der Waals surface area contributed by atoms with Crippen molar-refractivity contribution in [3.63, 3.8) is 0 Å². The van der Waals surface area contributed by atoms with E-state index in [4.69, 9.17) is 0 Å². The number of carbonyl (C=O) groups excluding carboxylic acids is 1. The molecule has 128 valence electrons. The fourth-order valence-corrected chi connectivity index (χ4v) is 2.45. The number of hydrogen-bond acceptors (Lipinski definition) is 4. The topological polar surface area (TPSA) is 58.1 Å². The van der Waals surface area contributed by atoms with Crippen molar-refractivity contribution < 1.29 is 4.79 Å². The Labute approximate surface area is 144 Å². The number of rotatable bonds is 7. The zero-order valence-electron chi connectivity index (χ0n) is 14.9. The lowest BCUT2D eigenvalue weighted by atomic mass is 10.1. The second kappa shape index (κ2) is 8.43. The summed E-state index contributed by atoms with van der Waals surface area (Å²) in [5, 5.41) is 3.29. The van der Waals surface area contributed by atoms with Crippen LogP contribution >= 0.6 is 0 Å². The Bertz CT molecular complexity index is 670. The monoisotopic (exact) mass is 326 g/mol. The van der Waals surface area contributed by atoms with Gasteiger partial charge in [0.15, 0.2) is 0 Å². The molecular weight excluding hydrogens is 300 g/mol. The van der Waals surface area contributed by atoms with Crippen LogP contribution in [-0.4, -0.2) is 29.0 Å². The van der Waals surface area contributed by atoms with Crippen molar-refractivity contribution >= 4 is 17.4 Å². The van der Waals surface area contributed by atoms with Crippen molar-refractivity contribution in [2.75, 3.05) is 23.3 Å². The van der Waals surface area contributed by atoms with E-state index < -0.39 is 0 Å². The number of carbonyl (C=O) groups is 1. The lowest BCUT2D eigenvalue weighted by Crippen LogP contribution is -2.31. The van der Waals surface area contributed by atoms with Crippen LogP contribution in [0.2, 0.25) is 0 Å². The van der Waals surface area contributed by atoms with Crippen LogP contribution in [0.1, 0.15) is 43.5 Å². The lowest BCUT2D eigenvalue weighted by Gasteiger charge is -2.21. The Hall–Kier alpha value is -2.43. The average Bonchev–Trinajstić information content (AvgIpc) is 2.55. The number of para-hydroxylation sites is 1. The molecule has 0 aliphatic carbocycles. The summed E-state index contributed by atoms with van der Waals surface area (Å²) in [6.45, 7) is 9.55. The summed E-state index contributed by atoms with van der Waals surface area (Å²) in [7, 11) is 0. The standard InChI is InChI=1S/C19H26N4O/c1-5-23(16-9-7-6-8-10-16)19(24)17-13-18(22-15(4)21-17)20-12-11-14(2)3/h6-10,13-14H,5,11-12H2,1-4H3,(H,20,21,22). The summed E-state index contributed by atoms with van der Waals surface area (Å²) in [6.07, 6.45) is 1.05. The molecule has 1 aromatic heterocycles. The molecule has 5 nitrogen and oxygen atoms in total. The maximum absolute atomic E-state index is 12.9. The second-order valence-corrected chi connectivity index (χ2v) is 6.18. The van der Waals surface area contributed by atoms with Gasteiger partial charge < -0.3 is 10.2 Å². The average molecular weight is 326 g/mol. The molecule has 0 aliphatic heterocycles. The minimum Gasteiger partial charge on any atom is -0.370 e. The molecule has 1 N–H and O–H groups in total. The first-order chi connectivity index (χ1) is 11.5. The molecule has 1 aromatic carbocycles.